The van der Waals surface area contributed by atoms with E-state index in [1.807, 2.05) is 18.2 Å². The minimum Gasteiger partial charge on any atom is -0.507 e. The van der Waals surface area contributed by atoms with Gasteiger partial charge in [-0.15, -0.1) is 10.2 Å². The molecule has 1 fully saturated rings. The van der Waals surface area contributed by atoms with E-state index in [1.165, 1.54) is 5.57 Å². The van der Waals surface area contributed by atoms with Crippen molar-refractivity contribution >= 4 is 11.5 Å². The molecule has 1 aromatic carbocycles. The quantitative estimate of drug-likeness (QED) is 0.860. The zero-order valence-electron chi connectivity index (χ0n) is 16.0. The summed E-state index contributed by atoms with van der Waals surface area (Å²) < 4.78 is 0. The van der Waals surface area contributed by atoms with Crippen molar-refractivity contribution in [3.63, 3.8) is 0 Å². The lowest BCUT2D eigenvalue weighted by Gasteiger charge is -2.29. The number of benzene rings is 1. The third-order valence-corrected chi connectivity index (χ3v) is 5.03. The van der Waals surface area contributed by atoms with Crippen molar-refractivity contribution < 1.29 is 5.11 Å². The Kier molecular flexibility index (Phi) is 5.43. The van der Waals surface area contributed by atoms with Gasteiger partial charge in [0, 0.05) is 56.1 Å². The molecule has 0 amide bonds. The van der Waals surface area contributed by atoms with Crippen LogP contribution in [0.2, 0.25) is 0 Å². The van der Waals surface area contributed by atoms with Crippen LogP contribution in [-0.4, -0.2) is 57.7 Å². The third kappa shape index (κ3) is 3.94. The van der Waals surface area contributed by atoms with Gasteiger partial charge in [-0.2, -0.15) is 0 Å². The smallest absolute Gasteiger partial charge is 0.159 e. The van der Waals surface area contributed by atoms with Crippen LogP contribution in [0.1, 0.15) is 25.3 Å². The molecule has 0 spiro atoms. The topological polar surface area (TPSA) is 86.0 Å². The van der Waals surface area contributed by atoms with Crippen molar-refractivity contribution in [1.82, 2.24) is 20.2 Å². The lowest BCUT2D eigenvalue weighted by molar-refractivity contribution is 0.352. The minimum absolute atomic E-state index is 0.149. The molecule has 7 nitrogen and oxygen atoms in total. The fraction of sp³-hybridized carbons (Fsp3) is 0.333. The number of piperazine rings is 1. The summed E-state index contributed by atoms with van der Waals surface area (Å²) in [6, 6.07) is 7.20. The summed E-state index contributed by atoms with van der Waals surface area (Å²) in [5.41, 5.74) is 3.36. The maximum Gasteiger partial charge on any atom is 0.159 e. The van der Waals surface area contributed by atoms with Crippen molar-refractivity contribution in [3.8, 4) is 17.1 Å². The predicted octanol–water partition coefficient (Wildman–Crippen LogP) is 2.60. The highest BCUT2D eigenvalue weighted by Crippen LogP contribution is 2.27. The third-order valence-electron chi connectivity index (χ3n) is 5.03. The summed E-state index contributed by atoms with van der Waals surface area (Å²) in [6.07, 6.45) is 7.13. The monoisotopic (exact) mass is 376 g/mol. The summed E-state index contributed by atoms with van der Waals surface area (Å²) in [7, 11) is 0. The molecule has 144 valence electrons. The van der Waals surface area contributed by atoms with E-state index in [1.54, 1.807) is 24.5 Å². The summed E-state index contributed by atoms with van der Waals surface area (Å²) >= 11 is 0. The Morgan fingerprint density at radius 1 is 1.11 bits per heavy atom. The Bertz CT molecular complexity index is 929. The number of amidine groups is 1. The van der Waals surface area contributed by atoms with Crippen molar-refractivity contribution in [3.05, 3.63) is 53.9 Å². The van der Waals surface area contributed by atoms with Crippen LogP contribution < -0.4 is 5.32 Å². The molecule has 1 saturated heterocycles. The van der Waals surface area contributed by atoms with Crippen molar-refractivity contribution in [1.29, 1.82) is 0 Å². The first-order valence-corrected chi connectivity index (χ1v) is 9.65. The average molecular weight is 376 g/mol. The zero-order valence-corrected chi connectivity index (χ0v) is 16.0. The van der Waals surface area contributed by atoms with E-state index >= 15 is 0 Å². The maximum absolute atomic E-state index is 10.6. The molecule has 2 N–H and O–H groups in total. The summed E-state index contributed by atoms with van der Waals surface area (Å²) in [4.78, 5) is 10.8. The van der Waals surface area contributed by atoms with Gasteiger partial charge in [-0.25, -0.2) is 9.97 Å². The van der Waals surface area contributed by atoms with Gasteiger partial charge in [0.1, 0.15) is 11.6 Å². The van der Waals surface area contributed by atoms with Gasteiger partial charge in [0.25, 0.3) is 0 Å². The predicted molar refractivity (Wildman–Crippen MR) is 111 cm³/mol. The van der Waals surface area contributed by atoms with Gasteiger partial charge in [0.2, 0.25) is 0 Å². The molecular weight excluding hydrogens is 352 g/mol. The van der Waals surface area contributed by atoms with Crippen LogP contribution in [0.5, 0.6) is 5.75 Å². The number of aromatic nitrogens is 2. The Morgan fingerprint density at radius 2 is 1.89 bits per heavy atom. The first-order chi connectivity index (χ1) is 13.7. The van der Waals surface area contributed by atoms with Gasteiger partial charge in [0.15, 0.2) is 5.82 Å². The van der Waals surface area contributed by atoms with Crippen LogP contribution >= 0.6 is 0 Å². The molecule has 0 atom stereocenters. The normalized spacial score (nSPS) is 17.5. The summed E-state index contributed by atoms with van der Waals surface area (Å²) in [5.74, 6) is 1.73. The molecule has 1 aromatic heterocycles. The molecule has 2 aliphatic rings. The number of phenols is 1. The van der Waals surface area contributed by atoms with E-state index in [4.69, 9.17) is 0 Å². The number of phenolic OH excluding ortho intramolecular Hbond substituents is 1. The Labute approximate surface area is 164 Å². The van der Waals surface area contributed by atoms with Crippen molar-refractivity contribution in [2.75, 3.05) is 26.2 Å². The number of aromatic hydroxyl groups is 1. The van der Waals surface area contributed by atoms with Gasteiger partial charge in [-0.3, -0.25) is 0 Å². The van der Waals surface area contributed by atoms with Gasteiger partial charge < -0.3 is 15.3 Å². The van der Waals surface area contributed by atoms with Crippen molar-refractivity contribution in [2.24, 2.45) is 10.2 Å². The molecule has 0 aliphatic carbocycles. The second-order valence-electron chi connectivity index (χ2n) is 6.88. The first kappa shape index (κ1) is 18.3. The SMILES string of the molecule is CCC1=CC(c2ccc(-c3ncccn3)cc2O)=NN=C(N2CCNCC2)C1. The highest BCUT2D eigenvalue weighted by molar-refractivity contribution is 6.12. The van der Waals surface area contributed by atoms with Gasteiger partial charge in [-0.1, -0.05) is 18.6 Å². The lowest BCUT2D eigenvalue weighted by Crippen LogP contribution is -2.46. The fourth-order valence-electron chi connectivity index (χ4n) is 3.42. The van der Waals surface area contributed by atoms with Crippen LogP contribution in [0.4, 0.5) is 0 Å². The van der Waals surface area contributed by atoms with E-state index < -0.39 is 0 Å². The largest absolute Gasteiger partial charge is 0.507 e. The van der Waals surface area contributed by atoms with Crippen LogP contribution in [0.15, 0.2) is 58.5 Å². The number of rotatable bonds is 3. The lowest BCUT2D eigenvalue weighted by atomic mass is 10.0. The van der Waals surface area contributed by atoms with Gasteiger partial charge in [-0.05, 0) is 30.7 Å². The molecule has 2 aliphatic heterocycles. The molecule has 3 heterocycles. The number of hydrogen-bond acceptors (Lipinski definition) is 7. The number of hydrogen-bond donors (Lipinski definition) is 2. The molecule has 0 unspecified atom stereocenters. The van der Waals surface area contributed by atoms with Gasteiger partial charge in [0.05, 0.1) is 5.71 Å². The highest BCUT2D eigenvalue weighted by atomic mass is 16.3. The van der Waals surface area contributed by atoms with E-state index in [-0.39, 0.29) is 5.75 Å². The second-order valence-corrected chi connectivity index (χ2v) is 6.88. The zero-order chi connectivity index (χ0) is 19.3. The molecule has 2 aromatic rings. The maximum atomic E-state index is 10.6. The molecule has 0 bridgehead atoms. The van der Waals surface area contributed by atoms with E-state index in [9.17, 15) is 5.11 Å². The fourth-order valence-corrected chi connectivity index (χ4v) is 3.42. The number of nitrogens with one attached hydrogen (secondary N) is 1. The van der Waals surface area contributed by atoms with Crippen LogP contribution in [-0.2, 0) is 0 Å². The van der Waals surface area contributed by atoms with Crippen LogP contribution in [0.3, 0.4) is 0 Å². The van der Waals surface area contributed by atoms with Gasteiger partial charge >= 0.3 is 0 Å². The standard InChI is InChI=1S/C21H24N6O/c1-2-15-12-18(25-26-20(13-15)27-10-8-22-9-11-27)17-5-4-16(14-19(17)28)21-23-6-3-7-24-21/h3-7,12,14,22,28H,2,8-11,13H2,1H3. The average Bonchev–Trinajstić information content (AvgIpc) is 2.98. The van der Waals surface area contributed by atoms with Crippen LogP contribution in [0.25, 0.3) is 11.4 Å². The summed E-state index contributed by atoms with van der Waals surface area (Å²) in [5, 5.41) is 23.0. The molecule has 0 radical (unpaired) electrons. The number of allylic oxidation sites excluding steroid dienone is 1. The molecular formula is C21H24N6O. The first-order valence-electron chi connectivity index (χ1n) is 9.65. The Hall–Kier alpha value is -3.06. The molecule has 28 heavy (non-hydrogen) atoms. The molecule has 0 saturated carbocycles. The minimum atomic E-state index is 0.149. The second kappa shape index (κ2) is 8.31. The summed E-state index contributed by atoms with van der Waals surface area (Å²) in [6.45, 7) is 5.95. The Balaban J connectivity index is 1.66. The van der Waals surface area contributed by atoms with Crippen molar-refractivity contribution in [2.45, 2.75) is 19.8 Å². The van der Waals surface area contributed by atoms with Crippen LogP contribution in [0, 0.1) is 0 Å². The molecule has 4 rings (SSSR count). The highest BCUT2D eigenvalue weighted by Gasteiger charge is 2.19. The Morgan fingerprint density at radius 3 is 2.61 bits per heavy atom. The number of nitrogens with zero attached hydrogens (tertiary/aromatic N) is 5. The van der Waals surface area contributed by atoms with E-state index in [2.05, 4.69) is 37.3 Å². The molecule has 7 heteroatoms. The van der Waals surface area contributed by atoms with E-state index in [0.717, 1.165) is 50.4 Å². The van der Waals surface area contributed by atoms with E-state index in [0.29, 0.717) is 17.1 Å².